The van der Waals surface area contributed by atoms with Gasteiger partial charge in [0, 0.05) is 43.9 Å². The molecule has 6 nitrogen and oxygen atoms in total. The predicted octanol–water partition coefficient (Wildman–Crippen LogP) is 2.16. The van der Waals surface area contributed by atoms with Crippen molar-refractivity contribution >= 4 is 23.4 Å². The van der Waals surface area contributed by atoms with Crippen LogP contribution < -0.4 is 5.73 Å². The van der Waals surface area contributed by atoms with Gasteiger partial charge in [0.2, 0.25) is 5.96 Å². The minimum Gasteiger partial charge on any atom is -0.385 e. The van der Waals surface area contributed by atoms with Crippen molar-refractivity contribution in [2.24, 2.45) is 15.7 Å². The number of guanidine groups is 1. The van der Waals surface area contributed by atoms with Gasteiger partial charge in [0.05, 0.1) is 6.10 Å². The number of nitrogens with zero attached hydrogens (tertiary/aromatic N) is 4. The van der Waals surface area contributed by atoms with E-state index in [1.165, 1.54) is 5.56 Å². The number of rotatable bonds is 4. The van der Waals surface area contributed by atoms with Gasteiger partial charge in [-0.05, 0) is 43.4 Å². The lowest BCUT2D eigenvalue weighted by Crippen LogP contribution is -2.48. The van der Waals surface area contributed by atoms with Gasteiger partial charge in [-0.15, -0.1) is 0 Å². The van der Waals surface area contributed by atoms with Crippen LogP contribution in [0.25, 0.3) is 0 Å². The van der Waals surface area contributed by atoms with Gasteiger partial charge in [0.15, 0.2) is 0 Å². The summed E-state index contributed by atoms with van der Waals surface area (Å²) in [5.74, 6) is 1.44. The van der Waals surface area contributed by atoms with Crippen LogP contribution in [0.15, 0.2) is 34.3 Å². The molecule has 2 atom stereocenters. The summed E-state index contributed by atoms with van der Waals surface area (Å²) >= 11 is 6.04. The second-order valence-corrected chi connectivity index (χ2v) is 8.15. The number of aliphatic imine (C=N–C) groups is 2. The predicted molar refractivity (Wildman–Crippen MR) is 110 cm³/mol. The first-order valence-corrected chi connectivity index (χ1v) is 10.2. The normalized spacial score (nSPS) is 27.1. The van der Waals surface area contributed by atoms with Crippen molar-refractivity contribution in [2.75, 3.05) is 33.3 Å². The quantitative estimate of drug-likeness (QED) is 0.856. The fraction of sp³-hybridized carbons (Fsp3) is 0.600. The van der Waals surface area contributed by atoms with Gasteiger partial charge in [-0.2, -0.15) is 4.99 Å². The third kappa shape index (κ3) is 4.28. The Labute approximate surface area is 166 Å². The average molecular weight is 390 g/mol. The first-order chi connectivity index (χ1) is 13.1. The number of piperidine rings is 1. The number of ether oxygens (including phenoxy) is 1. The van der Waals surface area contributed by atoms with E-state index in [4.69, 9.17) is 22.1 Å². The largest absolute Gasteiger partial charge is 0.385 e. The molecule has 2 saturated heterocycles. The van der Waals surface area contributed by atoms with Crippen LogP contribution in [-0.2, 0) is 11.2 Å². The van der Waals surface area contributed by atoms with E-state index in [9.17, 15) is 0 Å². The molecule has 27 heavy (non-hydrogen) atoms. The lowest BCUT2D eigenvalue weighted by Gasteiger charge is -2.39. The highest BCUT2D eigenvalue weighted by molar-refractivity contribution is 6.30. The first-order valence-electron chi connectivity index (χ1n) is 9.78. The molecule has 7 heteroatoms. The van der Waals surface area contributed by atoms with Crippen molar-refractivity contribution in [3.8, 4) is 0 Å². The molecule has 2 N–H and O–H groups in total. The van der Waals surface area contributed by atoms with E-state index in [0.29, 0.717) is 30.6 Å². The van der Waals surface area contributed by atoms with Crippen LogP contribution in [0.3, 0.4) is 0 Å². The van der Waals surface area contributed by atoms with Gasteiger partial charge in [-0.3, -0.25) is 4.90 Å². The van der Waals surface area contributed by atoms with Crippen molar-refractivity contribution in [1.29, 1.82) is 0 Å². The van der Waals surface area contributed by atoms with E-state index < -0.39 is 0 Å². The Bertz CT molecular complexity index is 712. The van der Waals surface area contributed by atoms with E-state index in [1.54, 1.807) is 0 Å². The van der Waals surface area contributed by atoms with E-state index in [1.807, 2.05) is 19.2 Å². The van der Waals surface area contributed by atoms with Gasteiger partial charge >= 0.3 is 0 Å². The molecule has 0 radical (unpaired) electrons. The van der Waals surface area contributed by atoms with E-state index in [-0.39, 0.29) is 0 Å². The number of amidine groups is 1. The Morgan fingerprint density at radius 1 is 1.22 bits per heavy atom. The van der Waals surface area contributed by atoms with Crippen LogP contribution in [-0.4, -0.2) is 73.1 Å². The Morgan fingerprint density at radius 3 is 2.59 bits per heavy atom. The summed E-state index contributed by atoms with van der Waals surface area (Å²) in [6.07, 6.45) is 4.71. The molecule has 4 rings (SSSR count). The number of methoxy groups -OCH3 is 1. The number of hydrogen-bond donors (Lipinski definition) is 1. The maximum Gasteiger partial charge on any atom is 0.222 e. The Morgan fingerprint density at radius 2 is 1.96 bits per heavy atom. The van der Waals surface area contributed by atoms with Crippen molar-refractivity contribution in [2.45, 2.75) is 43.9 Å². The third-order valence-corrected chi connectivity index (χ3v) is 6.23. The molecule has 3 aliphatic rings. The molecule has 1 aromatic carbocycles. The van der Waals surface area contributed by atoms with Crippen LogP contribution in [0.4, 0.5) is 0 Å². The SMILES string of the molecule is CO[C@H]1C[C@H](Cc2ccc(Cl)cc2)N(C2CCN(C3=NCC(N)=N3)CC2)C1. The van der Waals surface area contributed by atoms with E-state index in [0.717, 1.165) is 56.3 Å². The van der Waals surface area contributed by atoms with Gasteiger partial charge in [0.1, 0.15) is 12.4 Å². The number of likely N-dealkylation sites (tertiary alicyclic amines) is 2. The maximum atomic E-state index is 6.04. The number of halogens is 1. The summed E-state index contributed by atoms with van der Waals surface area (Å²) < 4.78 is 5.71. The molecular weight excluding hydrogens is 362 g/mol. The lowest BCUT2D eigenvalue weighted by atomic mass is 9.99. The number of hydrogen-bond acceptors (Lipinski definition) is 6. The molecule has 2 fully saturated rings. The molecule has 0 bridgehead atoms. The van der Waals surface area contributed by atoms with Crippen LogP contribution in [0.2, 0.25) is 5.02 Å². The zero-order valence-corrected chi connectivity index (χ0v) is 16.6. The first kappa shape index (κ1) is 18.7. The zero-order chi connectivity index (χ0) is 18.8. The van der Waals surface area contributed by atoms with Crippen LogP contribution in [0.5, 0.6) is 0 Å². The summed E-state index contributed by atoms with van der Waals surface area (Å²) in [7, 11) is 1.83. The van der Waals surface area contributed by atoms with Crippen molar-refractivity contribution < 1.29 is 4.74 Å². The molecule has 0 spiro atoms. The Balaban J connectivity index is 1.39. The fourth-order valence-electron chi connectivity index (χ4n) is 4.53. The summed E-state index contributed by atoms with van der Waals surface area (Å²) in [4.78, 5) is 13.7. The Hall–Kier alpha value is -1.63. The molecule has 0 saturated carbocycles. The fourth-order valence-corrected chi connectivity index (χ4v) is 4.65. The van der Waals surface area contributed by atoms with Crippen LogP contribution in [0.1, 0.15) is 24.8 Å². The summed E-state index contributed by atoms with van der Waals surface area (Å²) in [6.45, 7) is 3.54. The molecule has 0 aliphatic carbocycles. The zero-order valence-electron chi connectivity index (χ0n) is 15.9. The van der Waals surface area contributed by atoms with Gasteiger partial charge in [-0.25, -0.2) is 4.99 Å². The maximum absolute atomic E-state index is 6.04. The molecule has 1 aromatic rings. The van der Waals surface area contributed by atoms with Crippen LogP contribution >= 0.6 is 11.6 Å². The molecule has 3 aliphatic heterocycles. The highest BCUT2D eigenvalue weighted by Gasteiger charge is 2.38. The summed E-state index contributed by atoms with van der Waals surface area (Å²) in [5, 5.41) is 0.794. The molecule has 0 amide bonds. The van der Waals surface area contributed by atoms with Gasteiger partial charge in [-0.1, -0.05) is 23.7 Å². The molecule has 146 valence electrons. The topological polar surface area (TPSA) is 66.5 Å². The highest BCUT2D eigenvalue weighted by Crippen LogP contribution is 2.30. The Kier molecular flexibility index (Phi) is 5.66. The van der Waals surface area contributed by atoms with Crippen molar-refractivity contribution in [3.63, 3.8) is 0 Å². The molecule has 3 heterocycles. The average Bonchev–Trinajstić information content (AvgIpc) is 3.30. The van der Waals surface area contributed by atoms with Crippen molar-refractivity contribution in [1.82, 2.24) is 9.80 Å². The minimum absolute atomic E-state index is 0.323. The second-order valence-electron chi connectivity index (χ2n) is 7.71. The van der Waals surface area contributed by atoms with Crippen molar-refractivity contribution in [3.05, 3.63) is 34.9 Å². The van der Waals surface area contributed by atoms with Crippen LogP contribution in [0, 0.1) is 0 Å². The molecule has 0 aromatic heterocycles. The standard InChI is InChI=1S/C20H28ClN5O/c1-27-18-11-17(10-14-2-4-15(21)5-3-14)26(13-18)16-6-8-25(9-7-16)20-23-12-19(22)24-20/h2-5,16-18H,6-13H2,1H3,(H2,22,23,24)/t17-,18-/m0/s1. The minimum atomic E-state index is 0.323. The number of benzene rings is 1. The monoisotopic (exact) mass is 389 g/mol. The van der Waals surface area contributed by atoms with E-state index >= 15 is 0 Å². The van der Waals surface area contributed by atoms with E-state index in [2.05, 4.69) is 31.9 Å². The second kappa shape index (κ2) is 8.17. The summed E-state index contributed by atoms with van der Waals surface area (Å²) in [5.41, 5.74) is 7.11. The number of nitrogens with two attached hydrogens (primary N) is 1. The van der Waals surface area contributed by atoms with Gasteiger partial charge in [0.25, 0.3) is 0 Å². The summed E-state index contributed by atoms with van der Waals surface area (Å²) in [6, 6.07) is 9.36. The van der Waals surface area contributed by atoms with Gasteiger partial charge < -0.3 is 15.4 Å². The smallest absolute Gasteiger partial charge is 0.222 e. The molecular formula is C20H28ClN5O. The lowest BCUT2D eigenvalue weighted by molar-refractivity contribution is 0.0859. The molecule has 0 unspecified atom stereocenters. The third-order valence-electron chi connectivity index (χ3n) is 5.98. The highest BCUT2D eigenvalue weighted by atomic mass is 35.5.